The normalized spacial score (nSPS) is 8.88. The monoisotopic (exact) mass is 225 g/mol. The average Bonchev–Trinajstić information content (AvgIpc) is 2.44. The van der Waals surface area contributed by atoms with E-state index in [4.69, 9.17) is 0 Å². The minimum Gasteiger partial charge on any atom is -0.287 e. The summed E-state index contributed by atoms with van der Waals surface area (Å²) in [5.74, 6) is 0. The van der Waals surface area contributed by atoms with Crippen LogP contribution < -0.4 is 0 Å². The van der Waals surface area contributed by atoms with E-state index in [2.05, 4.69) is 29.3 Å². The van der Waals surface area contributed by atoms with Crippen molar-refractivity contribution in [3.8, 4) is 0 Å². The Kier molecular flexibility index (Phi) is 5.73. The highest BCUT2D eigenvalue weighted by Gasteiger charge is 2.03. The highest BCUT2D eigenvalue weighted by molar-refractivity contribution is 6.12. The molecule has 0 atom stereocenters. The Morgan fingerprint density at radius 1 is 0.706 bits per heavy atom. The SMILES string of the molecule is CC.CN=C(c1ccccc1)c1ccccc1. The Morgan fingerprint density at radius 2 is 1.06 bits per heavy atom. The van der Waals surface area contributed by atoms with Crippen LogP contribution in [-0.2, 0) is 0 Å². The molecule has 0 fully saturated rings. The largest absolute Gasteiger partial charge is 0.287 e. The van der Waals surface area contributed by atoms with Crippen LogP contribution >= 0.6 is 0 Å². The van der Waals surface area contributed by atoms with Gasteiger partial charge in [-0.1, -0.05) is 74.5 Å². The van der Waals surface area contributed by atoms with Crippen LogP contribution in [0.4, 0.5) is 0 Å². The molecule has 0 aliphatic rings. The molecule has 2 aromatic rings. The molecule has 0 aliphatic heterocycles. The second kappa shape index (κ2) is 7.39. The third-order valence-corrected chi connectivity index (χ3v) is 2.32. The summed E-state index contributed by atoms with van der Waals surface area (Å²) in [7, 11) is 1.83. The molecule has 0 radical (unpaired) electrons. The summed E-state index contributed by atoms with van der Waals surface area (Å²) in [5, 5.41) is 0. The van der Waals surface area contributed by atoms with E-state index in [1.54, 1.807) is 0 Å². The first-order valence-electron chi connectivity index (χ1n) is 5.99. The molecule has 2 aromatic carbocycles. The van der Waals surface area contributed by atoms with Gasteiger partial charge in [0.25, 0.3) is 0 Å². The van der Waals surface area contributed by atoms with Crippen molar-refractivity contribution in [1.29, 1.82) is 0 Å². The van der Waals surface area contributed by atoms with Crippen LogP contribution in [0, 0.1) is 0 Å². The van der Waals surface area contributed by atoms with Crippen molar-refractivity contribution in [2.45, 2.75) is 13.8 Å². The topological polar surface area (TPSA) is 12.4 Å². The van der Waals surface area contributed by atoms with Gasteiger partial charge in [-0.15, -0.1) is 0 Å². The Morgan fingerprint density at radius 3 is 1.35 bits per heavy atom. The molecular formula is C16H19N. The van der Waals surface area contributed by atoms with Crippen LogP contribution in [-0.4, -0.2) is 12.8 Å². The highest BCUT2D eigenvalue weighted by Crippen LogP contribution is 2.09. The van der Waals surface area contributed by atoms with E-state index in [0.717, 1.165) is 16.8 Å². The summed E-state index contributed by atoms with van der Waals surface area (Å²) in [4.78, 5) is 4.35. The standard InChI is InChI=1S/C14H13N.C2H6/c1-15-14(12-8-4-2-5-9-12)13-10-6-3-7-11-13;1-2/h2-11H,1H3;1-2H3. The number of nitrogens with zero attached hydrogens (tertiary/aromatic N) is 1. The molecule has 0 unspecified atom stereocenters. The fourth-order valence-electron chi connectivity index (χ4n) is 1.62. The zero-order valence-electron chi connectivity index (χ0n) is 10.7. The Bertz CT molecular complexity index is 402. The van der Waals surface area contributed by atoms with Crippen molar-refractivity contribution < 1.29 is 0 Å². The van der Waals surface area contributed by atoms with E-state index >= 15 is 0 Å². The fraction of sp³-hybridized carbons (Fsp3) is 0.188. The maximum atomic E-state index is 4.35. The molecule has 0 aliphatic carbocycles. The molecule has 17 heavy (non-hydrogen) atoms. The molecular weight excluding hydrogens is 206 g/mol. The summed E-state index contributed by atoms with van der Waals surface area (Å²) in [6.45, 7) is 4.00. The maximum Gasteiger partial charge on any atom is 0.0715 e. The van der Waals surface area contributed by atoms with E-state index < -0.39 is 0 Å². The molecule has 0 amide bonds. The second-order valence-corrected chi connectivity index (χ2v) is 3.30. The van der Waals surface area contributed by atoms with Gasteiger partial charge in [-0.3, -0.25) is 4.99 Å². The molecule has 88 valence electrons. The minimum atomic E-state index is 1.04. The first-order valence-corrected chi connectivity index (χ1v) is 5.99. The number of hydrogen-bond acceptors (Lipinski definition) is 1. The lowest BCUT2D eigenvalue weighted by Gasteiger charge is -2.05. The first-order chi connectivity index (χ1) is 8.42. The molecule has 1 nitrogen and oxygen atoms in total. The van der Waals surface area contributed by atoms with Gasteiger partial charge in [0.2, 0.25) is 0 Å². The van der Waals surface area contributed by atoms with Gasteiger partial charge in [-0.25, -0.2) is 0 Å². The van der Waals surface area contributed by atoms with E-state index in [-0.39, 0.29) is 0 Å². The molecule has 1 heteroatoms. The van der Waals surface area contributed by atoms with Crippen LogP contribution in [0.25, 0.3) is 0 Å². The molecule has 0 spiro atoms. The van der Waals surface area contributed by atoms with Gasteiger partial charge in [0, 0.05) is 18.2 Å². The van der Waals surface area contributed by atoms with Crippen molar-refractivity contribution in [3.05, 3.63) is 71.8 Å². The molecule has 0 aromatic heterocycles. The lowest BCUT2D eigenvalue weighted by Crippen LogP contribution is -2.02. The van der Waals surface area contributed by atoms with Crippen LogP contribution in [0.1, 0.15) is 25.0 Å². The van der Waals surface area contributed by atoms with Crippen molar-refractivity contribution in [1.82, 2.24) is 0 Å². The van der Waals surface area contributed by atoms with Crippen molar-refractivity contribution in [2.24, 2.45) is 4.99 Å². The summed E-state index contributed by atoms with van der Waals surface area (Å²) in [6.07, 6.45) is 0. The molecule has 0 heterocycles. The average molecular weight is 225 g/mol. The molecule has 0 bridgehead atoms. The van der Waals surface area contributed by atoms with Crippen LogP contribution in [0.2, 0.25) is 0 Å². The van der Waals surface area contributed by atoms with Crippen LogP contribution in [0.5, 0.6) is 0 Å². The minimum absolute atomic E-state index is 1.04. The zero-order chi connectivity index (χ0) is 12.5. The van der Waals surface area contributed by atoms with Crippen molar-refractivity contribution in [2.75, 3.05) is 7.05 Å². The van der Waals surface area contributed by atoms with Crippen molar-refractivity contribution >= 4 is 5.71 Å². The number of rotatable bonds is 2. The second-order valence-electron chi connectivity index (χ2n) is 3.30. The van der Waals surface area contributed by atoms with Crippen molar-refractivity contribution in [3.63, 3.8) is 0 Å². The van der Waals surface area contributed by atoms with Gasteiger partial charge in [-0.05, 0) is 0 Å². The molecule has 0 saturated heterocycles. The first kappa shape index (κ1) is 13.2. The van der Waals surface area contributed by atoms with Gasteiger partial charge in [0.15, 0.2) is 0 Å². The smallest absolute Gasteiger partial charge is 0.0715 e. The van der Waals surface area contributed by atoms with Crippen LogP contribution in [0.15, 0.2) is 65.7 Å². The third kappa shape index (κ3) is 3.56. The van der Waals surface area contributed by atoms with Gasteiger partial charge >= 0.3 is 0 Å². The Labute approximate surface area is 104 Å². The highest BCUT2D eigenvalue weighted by atomic mass is 14.7. The molecule has 0 saturated carbocycles. The van der Waals surface area contributed by atoms with Gasteiger partial charge in [0.1, 0.15) is 0 Å². The van der Waals surface area contributed by atoms with E-state index in [9.17, 15) is 0 Å². The van der Waals surface area contributed by atoms with Crippen LogP contribution in [0.3, 0.4) is 0 Å². The Hall–Kier alpha value is -1.89. The molecule has 2 rings (SSSR count). The summed E-state index contributed by atoms with van der Waals surface area (Å²) >= 11 is 0. The predicted octanol–water partition coefficient (Wildman–Crippen LogP) is 4.18. The number of aliphatic imine (C=N–C) groups is 1. The summed E-state index contributed by atoms with van der Waals surface area (Å²) in [6, 6.07) is 20.5. The van der Waals surface area contributed by atoms with E-state index in [1.165, 1.54) is 0 Å². The van der Waals surface area contributed by atoms with Gasteiger partial charge in [-0.2, -0.15) is 0 Å². The summed E-state index contributed by atoms with van der Waals surface area (Å²) in [5.41, 5.74) is 3.36. The van der Waals surface area contributed by atoms with E-state index in [0.29, 0.717) is 0 Å². The Balaban J connectivity index is 0.000000686. The lowest BCUT2D eigenvalue weighted by atomic mass is 10.0. The lowest BCUT2D eigenvalue weighted by molar-refractivity contribution is 1.41. The fourth-order valence-corrected chi connectivity index (χ4v) is 1.62. The summed E-state index contributed by atoms with van der Waals surface area (Å²) < 4.78 is 0. The third-order valence-electron chi connectivity index (χ3n) is 2.32. The van der Waals surface area contributed by atoms with Gasteiger partial charge < -0.3 is 0 Å². The molecule has 0 N–H and O–H groups in total. The predicted molar refractivity (Wildman–Crippen MR) is 75.8 cm³/mol. The maximum absolute atomic E-state index is 4.35. The number of hydrogen-bond donors (Lipinski definition) is 0. The van der Waals surface area contributed by atoms with E-state index in [1.807, 2.05) is 57.3 Å². The van der Waals surface area contributed by atoms with Gasteiger partial charge in [0.05, 0.1) is 5.71 Å². The quantitative estimate of drug-likeness (QED) is 0.680. The zero-order valence-corrected chi connectivity index (χ0v) is 10.7. The number of benzene rings is 2.